The van der Waals surface area contributed by atoms with Gasteiger partial charge in [0.1, 0.15) is 0 Å². The van der Waals surface area contributed by atoms with E-state index in [4.69, 9.17) is 17.3 Å². The second kappa shape index (κ2) is 4.93. The van der Waals surface area contributed by atoms with Crippen molar-refractivity contribution in [1.29, 1.82) is 0 Å². The Labute approximate surface area is 120 Å². The largest absolute Gasteiger partial charge is 0.320 e. The van der Waals surface area contributed by atoms with Crippen LogP contribution >= 0.6 is 22.9 Å². The van der Waals surface area contributed by atoms with Crippen molar-refractivity contribution in [3.05, 3.63) is 62.9 Å². The van der Waals surface area contributed by atoms with Crippen LogP contribution in [0.5, 0.6) is 0 Å². The van der Waals surface area contributed by atoms with Crippen molar-refractivity contribution in [2.24, 2.45) is 5.73 Å². The highest BCUT2D eigenvalue weighted by molar-refractivity contribution is 7.10. The Morgan fingerprint density at radius 2 is 2.05 bits per heavy atom. The van der Waals surface area contributed by atoms with Crippen LogP contribution in [0.4, 0.5) is 0 Å². The second-order valence-corrected chi connectivity index (χ2v) is 5.87. The van der Waals surface area contributed by atoms with Crippen molar-refractivity contribution in [2.45, 2.75) is 13.0 Å². The van der Waals surface area contributed by atoms with E-state index in [0.717, 1.165) is 32.1 Å². The molecule has 0 saturated carbocycles. The van der Waals surface area contributed by atoms with Crippen LogP contribution in [0.25, 0.3) is 10.9 Å². The maximum Gasteiger partial charge on any atom is 0.0705 e. The summed E-state index contributed by atoms with van der Waals surface area (Å²) < 4.78 is 0. The van der Waals surface area contributed by atoms with Crippen molar-refractivity contribution in [3.63, 3.8) is 0 Å². The maximum absolute atomic E-state index is 6.29. The lowest BCUT2D eigenvalue weighted by Gasteiger charge is -2.12. The van der Waals surface area contributed by atoms with E-state index in [2.05, 4.69) is 17.1 Å². The number of rotatable bonds is 2. The zero-order chi connectivity index (χ0) is 13.4. The predicted molar refractivity (Wildman–Crippen MR) is 81.8 cm³/mol. The molecule has 0 aliphatic rings. The number of thiophene rings is 1. The van der Waals surface area contributed by atoms with Gasteiger partial charge in [0.2, 0.25) is 0 Å². The number of hydrogen-bond donors (Lipinski definition) is 1. The molecule has 1 aromatic carbocycles. The van der Waals surface area contributed by atoms with Gasteiger partial charge in [-0.15, -0.1) is 11.3 Å². The van der Waals surface area contributed by atoms with Crippen molar-refractivity contribution in [1.82, 2.24) is 4.98 Å². The Hall–Kier alpha value is -1.42. The summed E-state index contributed by atoms with van der Waals surface area (Å²) >= 11 is 7.73. The van der Waals surface area contributed by atoms with Gasteiger partial charge in [-0.25, -0.2) is 0 Å². The summed E-state index contributed by atoms with van der Waals surface area (Å²) in [6.45, 7) is 1.99. The molecule has 2 nitrogen and oxygen atoms in total. The molecule has 0 aliphatic carbocycles. The number of aromatic nitrogens is 1. The first kappa shape index (κ1) is 12.6. The third-order valence-corrected chi connectivity index (χ3v) is 4.58. The molecule has 3 rings (SSSR count). The molecule has 0 amide bonds. The first-order valence-electron chi connectivity index (χ1n) is 6.01. The summed E-state index contributed by atoms with van der Waals surface area (Å²) in [6, 6.07) is 11.9. The normalized spacial score (nSPS) is 12.8. The minimum Gasteiger partial charge on any atom is -0.320 e. The van der Waals surface area contributed by atoms with Gasteiger partial charge in [-0.3, -0.25) is 4.98 Å². The molecule has 2 N–H and O–H groups in total. The topological polar surface area (TPSA) is 38.9 Å². The molecule has 96 valence electrons. The van der Waals surface area contributed by atoms with Gasteiger partial charge in [0.25, 0.3) is 0 Å². The molecular weight excluding hydrogens is 276 g/mol. The van der Waals surface area contributed by atoms with Crippen molar-refractivity contribution in [3.8, 4) is 0 Å². The van der Waals surface area contributed by atoms with Crippen LogP contribution in [0.1, 0.15) is 22.2 Å². The van der Waals surface area contributed by atoms with E-state index in [1.165, 1.54) is 0 Å². The molecule has 0 saturated heterocycles. The minimum absolute atomic E-state index is 0.182. The average molecular weight is 289 g/mol. The molecule has 2 aromatic heterocycles. The molecule has 0 bridgehead atoms. The number of nitrogens with zero attached hydrogens (tertiary/aromatic N) is 1. The van der Waals surface area contributed by atoms with Crippen LogP contribution in [0.15, 0.2) is 41.8 Å². The predicted octanol–water partition coefficient (Wildman–Crippen LogP) is 4.31. The fourth-order valence-corrected chi connectivity index (χ4v) is 3.32. The number of pyridine rings is 1. The number of halogens is 1. The Kier molecular flexibility index (Phi) is 3.27. The lowest BCUT2D eigenvalue weighted by molar-refractivity contribution is 0.895. The maximum atomic E-state index is 6.29. The third-order valence-electron chi connectivity index (χ3n) is 3.14. The Morgan fingerprint density at radius 3 is 2.79 bits per heavy atom. The number of fused-ring (bicyclic) bond motifs is 1. The van der Waals surface area contributed by atoms with Gasteiger partial charge in [0, 0.05) is 16.0 Å². The fraction of sp³-hybridized carbons (Fsp3) is 0.133. The Balaban J connectivity index is 2.06. The molecule has 2 heterocycles. The quantitative estimate of drug-likeness (QED) is 0.763. The van der Waals surface area contributed by atoms with Gasteiger partial charge in [-0.1, -0.05) is 23.7 Å². The van der Waals surface area contributed by atoms with E-state index in [1.54, 1.807) is 11.3 Å². The van der Waals surface area contributed by atoms with Gasteiger partial charge in [0.15, 0.2) is 0 Å². The lowest BCUT2D eigenvalue weighted by atomic mass is 10.0. The van der Waals surface area contributed by atoms with Gasteiger partial charge in [-0.2, -0.15) is 0 Å². The SMILES string of the molecule is Cc1ccc2cc(C(N)c3sccc3Cl)ccc2n1. The highest BCUT2D eigenvalue weighted by Crippen LogP contribution is 2.32. The number of nitrogens with two attached hydrogens (primary N) is 1. The van der Waals surface area contributed by atoms with Gasteiger partial charge < -0.3 is 5.73 Å². The molecule has 4 heteroatoms. The van der Waals surface area contributed by atoms with Crippen molar-refractivity contribution in [2.75, 3.05) is 0 Å². The Morgan fingerprint density at radius 1 is 1.21 bits per heavy atom. The van der Waals surface area contributed by atoms with Crippen molar-refractivity contribution >= 4 is 33.8 Å². The third kappa shape index (κ3) is 2.37. The van der Waals surface area contributed by atoms with E-state index in [-0.39, 0.29) is 6.04 Å². The van der Waals surface area contributed by atoms with E-state index in [0.29, 0.717) is 0 Å². The summed E-state index contributed by atoms with van der Waals surface area (Å²) in [7, 11) is 0. The van der Waals surface area contributed by atoms with Crippen LogP contribution in [0.2, 0.25) is 5.02 Å². The van der Waals surface area contributed by atoms with Gasteiger partial charge in [0.05, 0.1) is 16.6 Å². The molecule has 1 atom stereocenters. The Bertz CT molecular complexity index is 736. The molecule has 0 radical (unpaired) electrons. The molecule has 1 unspecified atom stereocenters. The van der Waals surface area contributed by atoms with Crippen LogP contribution < -0.4 is 5.73 Å². The molecular formula is C15H13ClN2S. The standard InChI is InChI=1S/C15H13ClN2S/c1-9-2-3-10-8-11(4-5-13(10)18-9)14(17)15-12(16)6-7-19-15/h2-8,14H,17H2,1H3. The lowest BCUT2D eigenvalue weighted by Crippen LogP contribution is -2.10. The highest BCUT2D eigenvalue weighted by Gasteiger charge is 2.14. The molecule has 3 aromatic rings. The molecule has 0 spiro atoms. The van der Waals surface area contributed by atoms with Crippen LogP contribution in [0, 0.1) is 6.92 Å². The number of hydrogen-bond acceptors (Lipinski definition) is 3. The number of benzene rings is 1. The minimum atomic E-state index is -0.182. The van der Waals surface area contributed by atoms with E-state index in [9.17, 15) is 0 Å². The zero-order valence-electron chi connectivity index (χ0n) is 10.4. The monoisotopic (exact) mass is 288 g/mol. The molecule has 0 fully saturated rings. The van der Waals surface area contributed by atoms with E-state index < -0.39 is 0 Å². The summed E-state index contributed by atoms with van der Waals surface area (Å²) in [5.41, 5.74) is 9.36. The number of aryl methyl sites for hydroxylation is 1. The zero-order valence-corrected chi connectivity index (χ0v) is 12.0. The second-order valence-electron chi connectivity index (χ2n) is 4.52. The summed E-state index contributed by atoms with van der Waals surface area (Å²) in [6.07, 6.45) is 0. The first-order chi connectivity index (χ1) is 9.15. The average Bonchev–Trinajstić information content (AvgIpc) is 2.83. The van der Waals surface area contributed by atoms with Gasteiger partial charge in [-0.05, 0) is 42.1 Å². The molecule has 0 aliphatic heterocycles. The van der Waals surface area contributed by atoms with E-state index >= 15 is 0 Å². The first-order valence-corrected chi connectivity index (χ1v) is 7.27. The highest BCUT2D eigenvalue weighted by atomic mass is 35.5. The van der Waals surface area contributed by atoms with Crippen molar-refractivity contribution < 1.29 is 0 Å². The summed E-state index contributed by atoms with van der Waals surface area (Å²) in [5, 5.41) is 3.80. The van der Waals surface area contributed by atoms with Gasteiger partial charge >= 0.3 is 0 Å². The molecule has 19 heavy (non-hydrogen) atoms. The van der Waals surface area contributed by atoms with E-state index in [1.807, 2.05) is 36.6 Å². The summed E-state index contributed by atoms with van der Waals surface area (Å²) in [4.78, 5) is 5.49. The van der Waals surface area contributed by atoms with Crippen LogP contribution in [-0.2, 0) is 0 Å². The summed E-state index contributed by atoms with van der Waals surface area (Å²) in [5.74, 6) is 0. The van der Waals surface area contributed by atoms with Crippen LogP contribution in [-0.4, -0.2) is 4.98 Å². The van der Waals surface area contributed by atoms with Crippen LogP contribution in [0.3, 0.4) is 0 Å². The smallest absolute Gasteiger partial charge is 0.0705 e. The fourth-order valence-electron chi connectivity index (χ4n) is 2.12.